The van der Waals surface area contributed by atoms with Gasteiger partial charge < -0.3 is 9.80 Å². The molecule has 1 rings (SSSR count). The summed E-state index contributed by atoms with van der Waals surface area (Å²) < 4.78 is 0.955. The quantitative estimate of drug-likeness (QED) is 0.403. The number of carbonyl (C=O) groups excluding carboxylic acids is 2. The molecule has 1 heterocycles. The van der Waals surface area contributed by atoms with Crippen molar-refractivity contribution in [2.45, 2.75) is 58.4 Å². The number of nitrogens with zero attached hydrogens (tertiary/aromatic N) is 2. The Morgan fingerprint density at radius 2 is 1.67 bits per heavy atom. The van der Waals surface area contributed by atoms with Crippen molar-refractivity contribution in [2.75, 3.05) is 33.7 Å². The first-order valence-corrected chi connectivity index (χ1v) is 8.16. The summed E-state index contributed by atoms with van der Waals surface area (Å²) >= 11 is 0. The molecule has 1 fully saturated rings. The zero-order chi connectivity index (χ0) is 16.1. The summed E-state index contributed by atoms with van der Waals surface area (Å²) in [6, 6.07) is -0.252. The number of quaternary nitrogens is 1. The van der Waals surface area contributed by atoms with E-state index in [0.717, 1.165) is 24.0 Å². The van der Waals surface area contributed by atoms with E-state index in [1.807, 2.05) is 0 Å². The maximum atomic E-state index is 12.1. The lowest BCUT2D eigenvalue weighted by atomic mass is 10.1. The van der Waals surface area contributed by atoms with Gasteiger partial charge in [0.1, 0.15) is 5.54 Å². The first kappa shape index (κ1) is 18.0. The maximum absolute atomic E-state index is 12.1. The van der Waals surface area contributed by atoms with E-state index in [4.69, 9.17) is 0 Å². The Labute approximate surface area is 129 Å². The lowest BCUT2D eigenvalue weighted by Gasteiger charge is -2.30. The molecule has 0 aromatic carbocycles. The van der Waals surface area contributed by atoms with E-state index in [2.05, 4.69) is 26.3 Å². The van der Waals surface area contributed by atoms with Crippen LogP contribution in [0.15, 0.2) is 0 Å². The van der Waals surface area contributed by atoms with Crippen LogP contribution in [0.25, 0.3) is 0 Å². The SMILES string of the molecule is CCCCCC[N+](C)(C)CCCN1C(=O)NC(C)(C)C1=O. The van der Waals surface area contributed by atoms with Gasteiger partial charge in [0, 0.05) is 13.0 Å². The van der Waals surface area contributed by atoms with Gasteiger partial charge >= 0.3 is 6.03 Å². The average molecular weight is 298 g/mol. The summed E-state index contributed by atoms with van der Waals surface area (Å²) in [5, 5.41) is 2.72. The van der Waals surface area contributed by atoms with Crippen molar-refractivity contribution >= 4 is 11.9 Å². The monoisotopic (exact) mass is 298 g/mol. The normalized spacial score (nSPS) is 18.2. The number of rotatable bonds is 9. The third-order valence-electron chi connectivity index (χ3n) is 4.21. The second-order valence-electron chi connectivity index (χ2n) is 7.31. The molecule has 21 heavy (non-hydrogen) atoms. The van der Waals surface area contributed by atoms with Crippen molar-refractivity contribution in [1.29, 1.82) is 0 Å². The molecule has 1 saturated heterocycles. The summed E-state index contributed by atoms with van der Waals surface area (Å²) in [5.74, 6) is -0.110. The highest BCUT2D eigenvalue weighted by atomic mass is 16.2. The largest absolute Gasteiger partial charge is 0.328 e. The van der Waals surface area contributed by atoms with E-state index < -0.39 is 5.54 Å². The zero-order valence-electron chi connectivity index (χ0n) is 14.4. The number of carbonyl (C=O) groups is 2. The molecule has 5 heteroatoms. The van der Waals surface area contributed by atoms with Crippen LogP contribution in [0.2, 0.25) is 0 Å². The lowest BCUT2D eigenvalue weighted by molar-refractivity contribution is -0.890. The molecular formula is C16H32N3O2+. The van der Waals surface area contributed by atoms with Gasteiger partial charge in [-0.05, 0) is 26.7 Å². The van der Waals surface area contributed by atoms with Crippen molar-refractivity contribution in [1.82, 2.24) is 10.2 Å². The van der Waals surface area contributed by atoms with Crippen molar-refractivity contribution in [2.24, 2.45) is 0 Å². The van der Waals surface area contributed by atoms with Crippen LogP contribution in [0, 0.1) is 0 Å². The van der Waals surface area contributed by atoms with Crippen LogP contribution < -0.4 is 5.32 Å². The molecule has 0 bridgehead atoms. The topological polar surface area (TPSA) is 49.4 Å². The number of amides is 3. The molecule has 1 aliphatic rings. The molecule has 0 aromatic rings. The van der Waals surface area contributed by atoms with Gasteiger partial charge in [-0.3, -0.25) is 9.69 Å². The zero-order valence-corrected chi connectivity index (χ0v) is 14.4. The Bertz CT molecular complexity index is 378. The van der Waals surface area contributed by atoms with E-state index in [0.29, 0.717) is 6.54 Å². The summed E-state index contributed by atoms with van der Waals surface area (Å²) in [4.78, 5) is 25.2. The van der Waals surface area contributed by atoms with Crippen LogP contribution in [0.3, 0.4) is 0 Å². The third-order valence-corrected chi connectivity index (χ3v) is 4.21. The van der Waals surface area contributed by atoms with Crippen molar-refractivity contribution in [3.05, 3.63) is 0 Å². The highest BCUT2D eigenvalue weighted by Crippen LogP contribution is 2.17. The molecule has 0 aliphatic carbocycles. The molecule has 1 aliphatic heterocycles. The van der Waals surface area contributed by atoms with Crippen LogP contribution in [-0.2, 0) is 4.79 Å². The third kappa shape index (κ3) is 5.30. The molecule has 122 valence electrons. The van der Waals surface area contributed by atoms with Gasteiger partial charge in [-0.15, -0.1) is 0 Å². The molecule has 0 atom stereocenters. The Kier molecular flexibility index (Phi) is 6.20. The Morgan fingerprint density at radius 1 is 1.05 bits per heavy atom. The van der Waals surface area contributed by atoms with E-state index in [9.17, 15) is 9.59 Å². The number of nitrogens with one attached hydrogen (secondary N) is 1. The molecule has 0 unspecified atom stereocenters. The fourth-order valence-corrected chi connectivity index (χ4v) is 2.76. The summed E-state index contributed by atoms with van der Waals surface area (Å²) in [6.45, 7) is 8.39. The Hall–Kier alpha value is -1.10. The number of hydrogen-bond donors (Lipinski definition) is 1. The van der Waals surface area contributed by atoms with Crippen molar-refractivity contribution in [3.8, 4) is 0 Å². The van der Waals surface area contributed by atoms with Crippen molar-refractivity contribution in [3.63, 3.8) is 0 Å². The number of unbranched alkanes of at least 4 members (excludes halogenated alkanes) is 3. The first-order valence-electron chi connectivity index (χ1n) is 8.16. The minimum absolute atomic E-state index is 0.110. The smallest absolute Gasteiger partial charge is 0.325 e. The molecule has 0 spiro atoms. The molecule has 3 amide bonds. The summed E-state index contributed by atoms with van der Waals surface area (Å²) in [6.07, 6.45) is 5.96. The number of imide groups is 1. The van der Waals surface area contributed by atoms with Crippen LogP contribution in [0.1, 0.15) is 52.9 Å². The van der Waals surface area contributed by atoms with Gasteiger partial charge in [0.15, 0.2) is 0 Å². The molecular weight excluding hydrogens is 266 g/mol. The Balaban J connectivity index is 2.32. The molecule has 0 aromatic heterocycles. The molecule has 5 nitrogen and oxygen atoms in total. The van der Waals surface area contributed by atoms with E-state index in [1.54, 1.807) is 13.8 Å². The van der Waals surface area contributed by atoms with E-state index in [-0.39, 0.29) is 11.9 Å². The second-order valence-corrected chi connectivity index (χ2v) is 7.31. The van der Waals surface area contributed by atoms with Crippen LogP contribution >= 0.6 is 0 Å². The van der Waals surface area contributed by atoms with E-state index in [1.165, 1.54) is 30.6 Å². The van der Waals surface area contributed by atoms with Crippen molar-refractivity contribution < 1.29 is 14.1 Å². The van der Waals surface area contributed by atoms with Crippen LogP contribution in [0.4, 0.5) is 4.79 Å². The van der Waals surface area contributed by atoms with Gasteiger partial charge in [-0.2, -0.15) is 0 Å². The molecule has 0 saturated carbocycles. The minimum Gasteiger partial charge on any atom is -0.328 e. The average Bonchev–Trinajstić information content (AvgIpc) is 2.56. The van der Waals surface area contributed by atoms with Gasteiger partial charge in [0.2, 0.25) is 0 Å². The second kappa shape index (κ2) is 7.25. The van der Waals surface area contributed by atoms with Crippen LogP contribution in [-0.4, -0.2) is 60.6 Å². The number of urea groups is 1. The fourth-order valence-electron chi connectivity index (χ4n) is 2.76. The lowest BCUT2D eigenvalue weighted by Crippen LogP contribution is -2.43. The summed E-state index contributed by atoms with van der Waals surface area (Å²) in [5.41, 5.74) is -0.748. The highest BCUT2D eigenvalue weighted by Gasteiger charge is 2.43. The highest BCUT2D eigenvalue weighted by molar-refractivity contribution is 6.06. The van der Waals surface area contributed by atoms with Gasteiger partial charge in [-0.25, -0.2) is 4.79 Å². The predicted octanol–water partition coefficient (Wildman–Crippen LogP) is 2.36. The standard InChI is InChI=1S/C16H31N3O2/c1-6-7-8-9-12-19(4,5)13-10-11-18-14(20)16(2,3)17-15(18)21/h6-13H2,1-5H3/p+1. The number of hydrogen-bond acceptors (Lipinski definition) is 2. The molecule has 0 radical (unpaired) electrons. The predicted molar refractivity (Wildman–Crippen MR) is 84.9 cm³/mol. The molecule has 1 N–H and O–H groups in total. The first-order chi connectivity index (χ1) is 9.69. The summed E-state index contributed by atoms with van der Waals surface area (Å²) in [7, 11) is 4.45. The Morgan fingerprint density at radius 3 is 2.19 bits per heavy atom. The van der Waals surface area contributed by atoms with Gasteiger partial charge in [0.05, 0.1) is 27.2 Å². The maximum Gasteiger partial charge on any atom is 0.325 e. The van der Waals surface area contributed by atoms with E-state index >= 15 is 0 Å². The fraction of sp³-hybridized carbons (Fsp3) is 0.875. The van der Waals surface area contributed by atoms with Crippen LogP contribution in [0.5, 0.6) is 0 Å². The minimum atomic E-state index is -0.748. The van der Waals surface area contributed by atoms with Gasteiger partial charge in [0.25, 0.3) is 5.91 Å². The van der Waals surface area contributed by atoms with Gasteiger partial charge in [-0.1, -0.05) is 19.8 Å².